The summed E-state index contributed by atoms with van der Waals surface area (Å²) in [5.41, 5.74) is 1.63. The van der Waals surface area contributed by atoms with E-state index in [2.05, 4.69) is 4.99 Å². The summed E-state index contributed by atoms with van der Waals surface area (Å²) in [6, 6.07) is 12.4. The Balaban J connectivity index is 1.92. The van der Waals surface area contributed by atoms with Gasteiger partial charge in [0.05, 0.1) is 21.3 Å². The van der Waals surface area contributed by atoms with Crippen LogP contribution in [0.3, 0.4) is 0 Å². The van der Waals surface area contributed by atoms with Gasteiger partial charge in [0.15, 0.2) is 5.70 Å². The van der Waals surface area contributed by atoms with E-state index in [0.29, 0.717) is 22.8 Å². The molecule has 0 radical (unpaired) electrons. The minimum absolute atomic E-state index is 0.209. The maximum Gasteiger partial charge on any atom is 0.363 e. The van der Waals surface area contributed by atoms with Crippen molar-refractivity contribution in [2.24, 2.45) is 4.99 Å². The molecule has 0 aliphatic carbocycles. The topological polar surface area (TPSA) is 66.3 Å². The Morgan fingerprint density at radius 1 is 0.880 bits per heavy atom. The molecule has 3 rings (SSSR count). The van der Waals surface area contributed by atoms with Crippen LogP contribution in [0.25, 0.3) is 6.08 Å². The molecule has 0 unspecified atom stereocenters. The van der Waals surface area contributed by atoms with E-state index in [0.717, 1.165) is 5.56 Å². The molecular weight excluding hydrogens is 322 g/mol. The summed E-state index contributed by atoms with van der Waals surface area (Å²) in [4.78, 5) is 16.4. The van der Waals surface area contributed by atoms with Gasteiger partial charge in [-0.2, -0.15) is 0 Å². The number of esters is 1. The number of hydrogen-bond acceptors (Lipinski definition) is 6. The molecule has 0 amide bonds. The Labute approximate surface area is 145 Å². The first kappa shape index (κ1) is 16.6. The first-order valence-corrected chi connectivity index (χ1v) is 7.53. The number of rotatable bonds is 5. The van der Waals surface area contributed by atoms with Crippen LogP contribution in [0.15, 0.2) is 53.2 Å². The summed E-state index contributed by atoms with van der Waals surface area (Å²) < 4.78 is 20.8. The van der Waals surface area contributed by atoms with Crippen molar-refractivity contribution in [2.45, 2.75) is 0 Å². The standard InChI is InChI=1S/C19H17NO5/c1-22-14-6-4-13(5-7-14)18-20-17(19(21)25-18)10-12-8-15(23-2)11-16(9-12)24-3/h4-11H,1-3H3/b17-10+. The second-order valence-corrected chi connectivity index (χ2v) is 5.21. The van der Waals surface area contributed by atoms with E-state index >= 15 is 0 Å². The van der Waals surface area contributed by atoms with Gasteiger partial charge in [-0.15, -0.1) is 0 Å². The Morgan fingerprint density at radius 2 is 1.48 bits per heavy atom. The van der Waals surface area contributed by atoms with E-state index in [-0.39, 0.29) is 11.6 Å². The Bertz CT molecular complexity index is 830. The van der Waals surface area contributed by atoms with Crippen LogP contribution < -0.4 is 14.2 Å². The van der Waals surface area contributed by atoms with E-state index in [4.69, 9.17) is 18.9 Å². The Hall–Kier alpha value is -3.28. The highest BCUT2D eigenvalue weighted by Crippen LogP contribution is 2.26. The summed E-state index contributed by atoms with van der Waals surface area (Å²) >= 11 is 0. The van der Waals surface area contributed by atoms with E-state index in [9.17, 15) is 4.79 Å². The monoisotopic (exact) mass is 339 g/mol. The normalized spacial score (nSPS) is 14.9. The van der Waals surface area contributed by atoms with Gasteiger partial charge in [0, 0.05) is 11.6 Å². The second-order valence-electron chi connectivity index (χ2n) is 5.21. The van der Waals surface area contributed by atoms with Crippen molar-refractivity contribution in [3.05, 3.63) is 59.3 Å². The van der Waals surface area contributed by atoms with Crippen LogP contribution in [0.5, 0.6) is 17.2 Å². The van der Waals surface area contributed by atoms with Gasteiger partial charge < -0.3 is 18.9 Å². The Kier molecular flexibility index (Phi) is 4.70. The van der Waals surface area contributed by atoms with E-state index in [1.807, 2.05) is 0 Å². The minimum Gasteiger partial charge on any atom is -0.497 e. The number of carbonyl (C=O) groups excluding carboxylic acids is 1. The van der Waals surface area contributed by atoms with Crippen LogP contribution in [0, 0.1) is 0 Å². The van der Waals surface area contributed by atoms with Crippen molar-refractivity contribution in [3.63, 3.8) is 0 Å². The van der Waals surface area contributed by atoms with Gasteiger partial charge in [0.1, 0.15) is 17.2 Å². The van der Waals surface area contributed by atoms with Crippen molar-refractivity contribution in [1.29, 1.82) is 0 Å². The van der Waals surface area contributed by atoms with Gasteiger partial charge in [-0.05, 0) is 48.0 Å². The Morgan fingerprint density at radius 3 is 2.04 bits per heavy atom. The lowest BCUT2D eigenvalue weighted by Gasteiger charge is -2.05. The summed E-state index contributed by atoms with van der Waals surface area (Å²) in [5, 5.41) is 0. The number of nitrogens with zero attached hydrogens (tertiary/aromatic N) is 1. The van der Waals surface area contributed by atoms with Crippen LogP contribution in [0.2, 0.25) is 0 Å². The van der Waals surface area contributed by atoms with Crippen LogP contribution in [-0.2, 0) is 9.53 Å². The predicted molar refractivity (Wildman–Crippen MR) is 93.1 cm³/mol. The van der Waals surface area contributed by atoms with Crippen molar-refractivity contribution in [3.8, 4) is 17.2 Å². The van der Waals surface area contributed by atoms with Gasteiger partial charge in [-0.1, -0.05) is 0 Å². The lowest BCUT2D eigenvalue weighted by molar-refractivity contribution is -0.129. The maximum absolute atomic E-state index is 12.1. The van der Waals surface area contributed by atoms with Crippen molar-refractivity contribution >= 4 is 17.9 Å². The average molecular weight is 339 g/mol. The number of carbonyl (C=O) groups is 1. The van der Waals surface area contributed by atoms with E-state index in [1.54, 1.807) is 69.9 Å². The fraction of sp³-hybridized carbons (Fsp3) is 0.158. The molecule has 0 fully saturated rings. The molecule has 0 aromatic heterocycles. The molecule has 2 aromatic rings. The van der Waals surface area contributed by atoms with Crippen LogP contribution >= 0.6 is 0 Å². The maximum atomic E-state index is 12.1. The van der Waals surface area contributed by atoms with Gasteiger partial charge >= 0.3 is 5.97 Å². The van der Waals surface area contributed by atoms with E-state index in [1.165, 1.54) is 0 Å². The molecule has 0 spiro atoms. The molecule has 0 bridgehead atoms. The quantitative estimate of drug-likeness (QED) is 0.619. The molecule has 6 nitrogen and oxygen atoms in total. The fourth-order valence-electron chi connectivity index (χ4n) is 2.34. The average Bonchev–Trinajstić information content (AvgIpc) is 3.01. The predicted octanol–water partition coefficient (Wildman–Crippen LogP) is 3.06. The van der Waals surface area contributed by atoms with Gasteiger partial charge in [-0.3, -0.25) is 0 Å². The highest BCUT2D eigenvalue weighted by molar-refractivity contribution is 6.12. The number of cyclic esters (lactones) is 1. The molecule has 0 N–H and O–H groups in total. The highest BCUT2D eigenvalue weighted by atomic mass is 16.6. The minimum atomic E-state index is -0.507. The SMILES string of the molecule is COc1ccc(C2=N/C(=C/c3cc(OC)cc(OC)c3)C(=O)O2)cc1. The van der Waals surface area contributed by atoms with Crippen molar-refractivity contribution in [1.82, 2.24) is 0 Å². The molecule has 128 valence electrons. The lowest BCUT2D eigenvalue weighted by Crippen LogP contribution is -2.05. The molecule has 1 heterocycles. The number of methoxy groups -OCH3 is 3. The first-order valence-electron chi connectivity index (χ1n) is 7.53. The van der Waals surface area contributed by atoms with Crippen molar-refractivity contribution < 1.29 is 23.7 Å². The number of aliphatic imine (C=N–C) groups is 1. The third-order valence-corrected chi connectivity index (χ3v) is 3.63. The van der Waals surface area contributed by atoms with E-state index < -0.39 is 5.97 Å². The molecule has 0 saturated carbocycles. The summed E-state index contributed by atoms with van der Waals surface area (Å²) in [6.45, 7) is 0. The zero-order valence-corrected chi connectivity index (χ0v) is 14.1. The number of hydrogen-bond donors (Lipinski definition) is 0. The molecule has 0 saturated heterocycles. The molecule has 1 aliphatic rings. The zero-order chi connectivity index (χ0) is 17.8. The molecule has 2 aromatic carbocycles. The van der Waals surface area contributed by atoms with Crippen molar-refractivity contribution in [2.75, 3.05) is 21.3 Å². The molecule has 1 aliphatic heterocycles. The highest BCUT2D eigenvalue weighted by Gasteiger charge is 2.24. The third-order valence-electron chi connectivity index (χ3n) is 3.63. The van der Waals surface area contributed by atoms with Crippen LogP contribution in [0.1, 0.15) is 11.1 Å². The number of ether oxygens (including phenoxy) is 4. The number of benzene rings is 2. The second kappa shape index (κ2) is 7.09. The summed E-state index contributed by atoms with van der Waals surface area (Å²) in [6.07, 6.45) is 1.63. The lowest BCUT2D eigenvalue weighted by atomic mass is 10.1. The van der Waals surface area contributed by atoms with Crippen LogP contribution in [-0.4, -0.2) is 33.2 Å². The molecular formula is C19H17NO5. The van der Waals surface area contributed by atoms with Gasteiger partial charge in [0.2, 0.25) is 5.90 Å². The van der Waals surface area contributed by atoms with Gasteiger partial charge in [0.25, 0.3) is 0 Å². The molecule has 25 heavy (non-hydrogen) atoms. The van der Waals surface area contributed by atoms with Crippen LogP contribution in [0.4, 0.5) is 0 Å². The summed E-state index contributed by atoms with van der Waals surface area (Å²) in [7, 11) is 4.72. The zero-order valence-electron chi connectivity index (χ0n) is 14.1. The molecule has 6 heteroatoms. The fourth-order valence-corrected chi connectivity index (χ4v) is 2.34. The molecule has 0 atom stereocenters. The smallest absolute Gasteiger partial charge is 0.363 e. The largest absolute Gasteiger partial charge is 0.497 e. The first-order chi connectivity index (χ1) is 12.1. The van der Waals surface area contributed by atoms with Gasteiger partial charge in [-0.25, -0.2) is 9.79 Å². The third kappa shape index (κ3) is 3.63. The summed E-state index contributed by atoms with van der Waals surface area (Å²) in [5.74, 6) is 1.71.